The van der Waals surface area contributed by atoms with E-state index in [9.17, 15) is 0 Å². The van der Waals surface area contributed by atoms with Crippen LogP contribution in [0.5, 0.6) is 11.5 Å². The zero-order valence-corrected chi connectivity index (χ0v) is 12.6. The maximum Gasteiger partial charge on any atom is 0.161 e. The molecule has 3 rings (SSSR count). The van der Waals surface area contributed by atoms with Gasteiger partial charge in [0.25, 0.3) is 0 Å². The van der Waals surface area contributed by atoms with Crippen LogP contribution in [-0.4, -0.2) is 50.5 Å². The second-order valence-corrected chi connectivity index (χ2v) is 5.67. The third-order valence-electron chi connectivity index (χ3n) is 4.20. The zero-order valence-electron chi connectivity index (χ0n) is 12.6. The van der Waals surface area contributed by atoms with E-state index in [4.69, 9.17) is 19.9 Å². The van der Waals surface area contributed by atoms with E-state index < -0.39 is 0 Å². The monoisotopic (exact) mass is 292 g/mol. The van der Waals surface area contributed by atoms with Crippen LogP contribution in [0.4, 0.5) is 0 Å². The average Bonchev–Trinajstić information content (AvgIpc) is 2.75. The number of rotatable bonds is 3. The predicted octanol–water partition coefficient (Wildman–Crippen LogP) is 1.57. The van der Waals surface area contributed by atoms with Crippen LogP contribution in [0.1, 0.15) is 24.9 Å². The zero-order chi connectivity index (χ0) is 14.7. The van der Waals surface area contributed by atoms with Crippen LogP contribution < -0.4 is 15.2 Å². The van der Waals surface area contributed by atoms with Crippen LogP contribution in [0.25, 0.3) is 0 Å². The van der Waals surface area contributed by atoms with Crippen molar-refractivity contribution in [2.45, 2.75) is 25.4 Å². The van der Waals surface area contributed by atoms with E-state index in [1.165, 1.54) is 5.56 Å². The molecule has 0 aliphatic carbocycles. The van der Waals surface area contributed by atoms with E-state index in [-0.39, 0.29) is 6.04 Å². The van der Waals surface area contributed by atoms with Crippen LogP contribution >= 0.6 is 0 Å². The highest BCUT2D eigenvalue weighted by Crippen LogP contribution is 2.34. The van der Waals surface area contributed by atoms with Gasteiger partial charge < -0.3 is 19.9 Å². The minimum absolute atomic E-state index is 0.195. The summed E-state index contributed by atoms with van der Waals surface area (Å²) < 4.78 is 17.0. The molecule has 1 aromatic rings. The van der Waals surface area contributed by atoms with Gasteiger partial charge in [0.15, 0.2) is 11.5 Å². The molecular weight excluding hydrogens is 268 g/mol. The molecule has 0 spiro atoms. The Morgan fingerprint density at radius 3 is 2.81 bits per heavy atom. The normalized spacial score (nSPS) is 24.4. The number of hydrogen-bond acceptors (Lipinski definition) is 5. The highest BCUT2D eigenvalue weighted by atomic mass is 16.5. The number of ether oxygens (including phenoxy) is 3. The molecule has 0 aromatic heterocycles. The fourth-order valence-corrected chi connectivity index (χ4v) is 3.05. The minimum atomic E-state index is 0.195. The molecular formula is C16H24N2O3. The smallest absolute Gasteiger partial charge is 0.161 e. The maximum atomic E-state index is 6.05. The van der Waals surface area contributed by atoms with E-state index in [0.29, 0.717) is 25.8 Å². The number of hydrogen-bond donors (Lipinski definition) is 1. The first-order chi connectivity index (χ1) is 10.3. The molecule has 2 heterocycles. The molecule has 21 heavy (non-hydrogen) atoms. The molecule has 2 aliphatic rings. The summed E-state index contributed by atoms with van der Waals surface area (Å²) in [5.41, 5.74) is 7.24. The van der Waals surface area contributed by atoms with Crippen molar-refractivity contribution in [2.24, 2.45) is 5.73 Å². The van der Waals surface area contributed by atoms with Crippen LogP contribution in [0.15, 0.2) is 18.2 Å². The molecule has 1 aromatic carbocycles. The summed E-state index contributed by atoms with van der Waals surface area (Å²) in [6.07, 6.45) is 0.921. The quantitative estimate of drug-likeness (QED) is 0.916. The average molecular weight is 292 g/mol. The van der Waals surface area contributed by atoms with Gasteiger partial charge in [-0.15, -0.1) is 0 Å². The Kier molecular flexibility index (Phi) is 4.63. The van der Waals surface area contributed by atoms with Crippen molar-refractivity contribution >= 4 is 0 Å². The molecule has 5 heteroatoms. The molecule has 2 aliphatic heterocycles. The van der Waals surface area contributed by atoms with Crippen molar-refractivity contribution < 1.29 is 14.2 Å². The van der Waals surface area contributed by atoms with Crippen molar-refractivity contribution in [3.63, 3.8) is 0 Å². The van der Waals surface area contributed by atoms with Crippen LogP contribution in [0, 0.1) is 0 Å². The SMILES string of the molecule is CC1COCCN1C(CN)c1ccc2c(c1)OCCCO2. The molecule has 1 saturated heterocycles. The molecule has 116 valence electrons. The second-order valence-electron chi connectivity index (χ2n) is 5.67. The highest BCUT2D eigenvalue weighted by molar-refractivity contribution is 5.44. The Balaban J connectivity index is 1.85. The second kappa shape index (κ2) is 6.64. The van der Waals surface area contributed by atoms with E-state index in [1.54, 1.807) is 0 Å². The van der Waals surface area contributed by atoms with Gasteiger partial charge >= 0.3 is 0 Å². The lowest BCUT2D eigenvalue weighted by atomic mass is 10.0. The molecule has 5 nitrogen and oxygen atoms in total. The highest BCUT2D eigenvalue weighted by Gasteiger charge is 2.27. The molecule has 2 N–H and O–H groups in total. The first-order valence-corrected chi connectivity index (χ1v) is 7.72. The van der Waals surface area contributed by atoms with Crippen LogP contribution in [-0.2, 0) is 4.74 Å². The Hall–Kier alpha value is -1.30. The summed E-state index contributed by atoms with van der Waals surface area (Å²) in [7, 11) is 0. The van der Waals surface area contributed by atoms with Crippen molar-refractivity contribution in [3.05, 3.63) is 23.8 Å². The first kappa shape index (κ1) is 14.6. The third-order valence-corrected chi connectivity index (χ3v) is 4.20. The van der Waals surface area contributed by atoms with Crippen LogP contribution in [0.3, 0.4) is 0 Å². The lowest BCUT2D eigenvalue weighted by Gasteiger charge is -2.39. The summed E-state index contributed by atoms with van der Waals surface area (Å²) in [4.78, 5) is 2.42. The topological polar surface area (TPSA) is 57.0 Å². The van der Waals surface area contributed by atoms with Gasteiger partial charge in [-0.1, -0.05) is 6.07 Å². The van der Waals surface area contributed by atoms with Crippen molar-refractivity contribution in [1.82, 2.24) is 4.90 Å². The Labute approximate surface area is 126 Å². The van der Waals surface area contributed by atoms with E-state index in [0.717, 1.165) is 37.7 Å². The first-order valence-electron chi connectivity index (χ1n) is 7.72. The number of benzene rings is 1. The van der Waals surface area contributed by atoms with E-state index >= 15 is 0 Å². The molecule has 1 fully saturated rings. The van der Waals surface area contributed by atoms with Gasteiger partial charge in [0, 0.05) is 31.6 Å². The van der Waals surface area contributed by atoms with Crippen molar-refractivity contribution in [1.29, 1.82) is 0 Å². The minimum Gasteiger partial charge on any atom is -0.490 e. The van der Waals surface area contributed by atoms with Gasteiger partial charge in [0.05, 0.1) is 26.4 Å². The van der Waals surface area contributed by atoms with Gasteiger partial charge in [-0.05, 0) is 24.6 Å². The molecule has 0 saturated carbocycles. The summed E-state index contributed by atoms with van der Waals surface area (Å²) in [5.74, 6) is 1.67. The van der Waals surface area contributed by atoms with Crippen LogP contribution in [0.2, 0.25) is 0 Å². The summed E-state index contributed by atoms with van der Waals surface area (Å²) in [5, 5.41) is 0. The largest absolute Gasteiger partial charge is 0.490 e. The predicted molar refractivity (Wildman–Crippen MR) is 80.8 cm³/mol. The molecule has 2 unspecified atom stereocenters. The third kappa shape index (κ3) is 3.15. The maximum absolute atomic E-state index is 6.05. The summed E-state index contributed by atoms with van der Waals surface area (Å²) in [6.45, 7) is 6.64. The Morgan fingerprint density at radius 1 is 1.24 bits per heavy atom. The number of nitrogens with zero attached hydrogens (tertiary/aromatic N) is 1. The number of fused-ring (bicyclic) bond motifs is 1. The lowest BCUT2D eigenvalue weighted by Crippen LogP contribution is -2.47. The molecule has 0 amide bonds. The van der Waals surface area contributed by atoms with Crippen molar-refractivity contribution in [2.75, 3.05) is 39.5 Å². The van der Waals surface area contributed by atoms with E-state index in [1.807, 2.05) is 6.07 Å². The van der Waals surface area contributed by atoms with Gasteiger partial charge in [-0.2, -0.15) is 0 Å². The summed E-state index contributed by atoms with van der Waals surface area (Å²) >= 11 is 0. The van der Waals surface area contributed by atoms with Crippen molar-refractivity contribution in [3.8, 4) is 11.5 Å². The lowest BCUT2D eigenvalue weighted by molar-refractivity contribution is -0.0209. The number of morpholine rings is 1. The van der Waals surface area contributed by atoms with Gasteiger partial charge in [0.2, 0.25) is 0 Å². The Morgan fingerprint density at radius 2 is 2.05 bits per heavy atom. The van der Waals surface area contributed by atoms with Gasteiger partial charge in [0.1, 0.15) is 0 Å². The van der Waals surface area contributed by atoms with Gasteiger partial charge in [-0.25, -0.2) is 0 Å². The van der Waals surface area contributed by atoms with E-state index in [2.05, 4.69) is 24.0 Å². The molecule has 2 atom stereocenters. The molecule has 0 radical (unpaired) electrons. The summed E-state index contributed by atoms with van der Waals surface area (Å²) in [6, 6.07) is 6.77. The van der Waals surface area contributed by atoms with Gasteiger partial charge in [-0.3, -0.25) is 4.90 Å². The standard InChI is InChI=1S/C16H24N2O3/c1-12-11-19-8-5-18(12)14(10-17)13-3-4-15-16(9-13)21-7-2-6-20-15/h3-4,9,12,14H,2,5-8,10-11,17H2,1H3. The number of nitrogens with two attached hydrogens (primary N) is 1. The molecule has 0 bridgehead atoms. The fourth-order valence-electron chi connectivity index (χ4n) is 3.05. The Bertz CT molecular complexity index is 481. The fraction of sp³-hybridized carbons (Fsp3) is 0.625.